The van der Waals surface area contributed by atoms with Crippen molar-refractivity contribution in [2.75, 3.05) is 27.2 Å². The number of pyridine rings is 1. The molecule has 0 radical (unpaired) electrons. The van der Waals surface area contributed by atoms with E-state index in [1.54, 1.807) is 0 Å². The molecule has 1 saturated heterocycles. The zero-order chi connectivity index (χ0) is 18.4. The van der Waals surface area contributed by atoms with E-state index >= 15 is 0 Å². The number of rotatable bonds is 7. The molecule has 2 heterocycles. The molecule has 1 aliphatic rings. The second-order valence-corrected chi connectivity index (χ2v) is 6.97. The summed E-state index contributed by atoms with van der Waals surface area (Å²) in [4.78, 5) is 21.2. The predicted octanol–water partition coefficient (Wildman–Crippen LogP) is 3.28. The van der Waals surface area contributed by atoms with Gasteiger partial charge in [-0.25, -0.2) is 0 Å². The molecule has 1 aromatic carbocycles. The molecule has 0 spiro atoms. The third-order valence-electron chi connectivity index (χ3n) is 4.60. The van der Waals surface area contributed by atoms with Crippen LogP contribution >= 0.6 is 0 Å². The first-order valence-electron chi connectivity index (χ1n) is 9.20. The zero-order valence-electron chi connectivity index (χ0n) is 15.6. The minimum absolute atomic E-state index is 0.156. The van der Waals surface area contributed by atoms with Crippen LogP contribution in [-0.4, -0.2) is 47.9 Å². The topological polar surface area (TPSA) is 45.7 Å². The number of ether oxygens (including phenoxy) is 1. The SMILES string of the molecule is CN(C)Cc1cc([C@@H]2CCCN2C(=O)CCOc2ccccc2)ccn1. The van der Waals surface area contributed by atoms with E-state index in [1.807, 2.05) is 61.6 Å². The highest BCUT2D eigenvalue weighted by atomic mass is 16.5. The number of aromatic nitrogens is 1. The summed E-state index contributed by atoms with van der Waals surface area (Å²) in [7, 11) is 4.07. The van der Waals surface area contributed by atoms with Crippen molar-refractivity contribution in [3.63, 3.8) is 0 Å². The molecule has 0 N–H and O–H groups in total. The molecule has 26 heavy (non-hydrogen) atoms. The highest BCUT2D eigenvalue weighted by molar-refractivity contribution is 5.77. The summed E-state index contributed by atoms with van der Waals surface area (Å²) in [6.07, 6.45) is 4.31. The normalized spacial score (nSPS) is 16.9. The van der Waals surface area contributed by atoms with Crippen LogP contribution < -0.4 is 4.74 Å². The number of hydrogen-bond acceptors (Lipinski definition) is 4. The van der Waals surface area contributed by atoms with Gasteiger partial charge < -0.3 is 14.5 Å². The number of benzene rings is 1. The molecule has 138 valence electrons. The maximum Gasteiger partial charge on any atom is 0.226 e. The molecule has 1 fully saturated rings. The average Bonchev–Trinajstić information content (AvgIpc) is 3.12. The summed E-state index contributed by atoms with van der Waals surface area (Å²) in [5.74, 6) is 0.968. The number of nitrogens with zero attached hydrogens (tertiary/aromatic N) is 3. The summed E-state index contributed by atoms with van der Waals surface area (Å²) in [6, 6.07) is 14.0. The molecule has 1 aromatic heterocycles. The van der Waals surface area contributed by atoms with Gasteiger partial charge >= 0.3 is 0 Å². The Morgan fingerprint density at radius 1 is 1.27 bits per heavy atom. The van der Waals surface area contributed by atoms with Crippen LogP contribution in [0, 0.1) is 0 Å². The number of hydrogen-bond donors (Lipinski definition) is 0. The van der Waals surface area contributed by atoms with Crippen molar-refractivity contribution < 1.29 is 9.53 Å². The molecular weight excluding hydrogens is 326 g/mol. The van der Waals surface area contributed by atoms with E-state index in [4.69, 9.17) is 4.74 Å². The van der Waals surface area contributed by atoms with E-state index in [-0.39, 0.29) is 11.9 Å². The van der Waals surface area contributed by atoms with Gasteiger partial charge in [0.25, 0.3) is 0 Å². The summed E-state index contributed by atoms with van der Waals surface area (Å²) < 4.78 is 5.68. The van der Waals surface area contributed by atoms with Gasteiger partial charge in [0.2, 0.25) is 5.91 Å². The quantitative estimate of drug-likeness (QED) is 0.766. The molecule has 0 saturated carbocycles. The Labute approximate surface area is 155 Å². The van der Waals surface area contributed by atoms with Crippen LogP contribution in [0.1, 0.15) is 36.6 Å². The highest BCUT2D eigenvalue weighted by Crippen LogP contribution is 2.32. The lowest BCUT2D eigenvalue weighted by molar-refractivity contribution is -0.132. The van der Waals surface area contributed by atoms with Gasteiger partial charge in [-0.1, -0.05) is 18.2 Å². The summed E-state index contributed by atoms with van der Waals surface area (Å²) in [5, 5.41) is 0. The molecule has 0 unspecified atom stereocenters. The van der Waals surface area contributed by atoms with E-state index in [0.29, 0.717) is 13.0 Å². The number of carbonyl (C=O) groups excluding carboxylic acids is 1. The van der Waals surface area contributed by atoms with Crippen LogP contribution in [0.25, 0.3) is 0 Å². The van der Waals surface area contributed by atoms with Crippen molar-refractivity contribution in [3.05, 3.63) is 59.9 Å². The van der Waals surface area contributed by atoms with Gasteiger partial charge in [0, 0.05) is 19.3 Å². The van der Waals surface area contributed by atoms with Crippen LogP contribution in [0.4, 0.5) is 0 Å². The van der Waals surface area contributed by atoms with Crippen molar-refractivity contribution >= 4 is 5.91 Å². The van der Waals surface area contributed by atoms with Crippen molar-refractivity contribution in [2.24, 2.45) is 0 Å². The van der Waals surface area contributed by atoms with Gasteiger partial charge in [-0.2, -0.15) is 0 Å². The molecule has 1 aliphatic heterocycles. The third-order valence-corrected chi connectivity index (χ3v) is 4.60. The van der Waals surface area contributed by atoms with E-state index in [1.165, 1.54) is 5.56 Å². The maximum atomic E-state index is 12.7. The average molecular weight is 353 g/mol. The number of carbonyl (C=O) groups is 1. The molecule has 5 heteroatoms. The molecule has 1 atom stereocenters. The van der Waals surface area contributed by atoms with Crippen molar-refractivity contribution in [2.45, 2.75) is 31.8 Å². The highest BCUT2D eigenvalue weighted by Gasteiger charge is 2.29. The van der Waals surface area contributed by atoms with Crippen LogP contribution in [0.2, 0.25) is 0 Å². The molecule has 5 nitrogen and oxygen atoms in total. The lowest BCUT2D eigenvalue weighted by atomic mass is 10.0. The van der Waals surface area contributed by atoms with Crippen LogP contribution in [-0.2, 0) is 11.3 Å². The van der Waals surface area contributed by atoms with Gasteiger partial charge in [-0.05, 0) is 56.8 Å². The smallest absolute Gasteiger partial charge is 0.226 e. The molecule has 0 aliphatic carbocycles. The van der Waals surface area contributed by atoms with E-state index in [9.17, 15) is 4.79 Å². The number of likely N-dealkylation sites (tertiary alicyclic amines) is 1. The minimum atomic E-state index is 0.156. The second-order valence-electron chi connectivity index (χ2n) is 6.97. The fourth-order valence-electron chi connectivity index (χ4n) is 3.44. The number of para-hydroxylation sites is 1. The molecule has 3 rings (SSSR count). The van der Waals surface area contributed by atoms with Gasteiger partial charge in [0.1, 0.15) is 5.75 Å². The lowest BCUT2D eigenvalue weighted by Gasteiger charge is -2.25. The summed E-state index contributed by atoms with van der Waals surface area (Å²) in [6.45, 7) is 2.04. The van der Waals surface area contributed by atoms with Crippen molar-refractivity contribution in [1.82, 2.24) is 14.8 Å². The van der Waals surface area contributed by atoms with E-state index in [0.717, 1.165) is 37.4 Å². The van der Waals surface area contributed by atoms with Gasteiger partial charge in [-0.15, -0.1) is 0 Å². The van der Waals surface area contributed by atoms with Crippen LogP contribution in [0.5, 0.6) is 5.75 Å². The molecular formula is C21H27N3O2. The Morgan fingerprint density at radius 2 is 2.08 bits per heavy atom. The first-order chi connectivity index (χ1) is 12.6. The fraction of sp³-hybridized carbons (Fsp3) is 0.429. The Kier molecular flexibility index (Phi) is 6.23. The Morgan fingerprint density at radius 3 is 2.85 bits per heavy atom. The van der Waals surface area contributed by atoms with E-state index < -0.39 is 0 Å². The maximum absolute atomic E-state index is 12.7. The Hall–Kier alpha value is -2.40. The third kappa shape index (κ3) is 4.82. The molecule has 2 aromatic rings. The van der Waals surface area contributed by atoms with Crippen molar-refractivity contribution in [1.29, 1.82) is 0 Å². The van der Waals surface area contributed by atoms with Crippen LogP contribution in [0.3, 0.4) is 0 Å². The summed E-state index contributed by atoms with van der Waals surface area (Å²) >= 11 is 0. The lowest BCUT2D eigenvalue weighted by Crippen LogP contribution is -2.31. The number of amides is 1. The van der Waals surface area contributed by atoms with E-state index in [2.05, 4.69) is 16.0 Å². The molecule has 1 amide bonds. The molecule has 0 bridgehead atoms. The standard InChI is InChI=1S/C21H27N3O2/c1-23(2)16-18-15-17(10-12-22-18)20-9-6-13-24(20)21(25)11-14-26-19-7-4-3-5-8-19/h3-5,7-8,10,12,15,20H,6,9,11,13-14,16H2,1-2H3/t20-/m0/s1. The largest absolute Gasteiger partial charge is 0.493 e. The van der Waals surface area contributed by atoms with Crippen molar-refractivity contribution in [3.8, 4) is 5.75 Å². The van der Waals surface area contributed by atoms with Gasteiger partial charge in [-0.3, -0.25) is 9.78 Å². The predicted molar refractivity (Wildman–Crippen MR) is 102 cm³/mol. The first kappa shape index (κ1) is 18.4. The van der Waals surface area contributed by atoms with Crippen LogP contribution in [0.15, 0.2) is 48.7 Å². The first-order valence-corrected chi connectivity index (χ1v) is 9.20. The second kappa shape index (κ2) is 8.81. The van der Waals surface area contributed by atoms with Gasteiger partial charge in [0.15, 0.2) is 0 Å². The fourth-order valence-corrected chi connectivity index (χ4v) is 3.44. The Bertz CT molecular complexity index is 718. The summed E-state index contributed by atoms with van der Waals surface area (Å²) in [5.41, 5.74) is 2.23. The Balaban J connectivity index is 1.59. The minimum Gasteiger partial charge on any atom is -0.493 e. The zero-order valence-corrected chi connectivity index (χ0v) is 15.6. The monoisotopic (exact) mass is 353 g/mol. The van der Waals surface area contributed by atoms with Gasteiger partial charge in [0.05, 0.1) is 24.8 Å².